The highest BCUT2D eigenvalue weighted by molar-refractivity contribution is 5.88. The van der Waals surface area contributed by atoms with Crippen LogP contribution in [0, 0.1) is 5.92 Å². The summed E-state index contributed by atoms with van der Waals surface area (Å²) in [5, 5.41) is 2.77. The number of hydrogen-bond donors (Lipinski definition) is 4. The second-order valence-corrected chi connectivity index (χ2v) is 15.4. The van der Waals surface area contributed by atoms with Gasteiger partial charge in [0.25, 0.3) is 5.91 Å². The van der Waals surface area contributed by atoms with E-state index in [2.05, 4.69) is 70.4 Å². The van der Waals surface area contributed by atoms with Gasteiger partial charge in [-0.2, -0.15) is 0 Å². The molecule has 2 aromatic heterocycles. The maximum atomic E-state index is 14.3. The molecular formula is C45H50N8O4. The summed E-state index contributed by atoms with van der Waals surface area (Å²) in [7, 11) is 1.30. The van der Waals surface area contributed by atoms with E-state index in [-0.39, 0.29) is 41.9 Å². The van der Waals surface area contributed by atoms with Crippen LogP contribution >= 0.6 is 0 Å². The second kappa shape index (κ2) is 16.2. The highest BCUT2D eigenvalue weighted by Crippen LogP contribution is 2.50. The standard InChI is InChI=1S/C45H50N8O4/c1-4-33-12-9-13-38(52(33)43(54)35(46)5-2)41-47-25-36(49-41)29-18-14-27(15-19-29)28-16-20-30(21-17-28)37-26-48-42(50-37)40-32-22-23-34(24-32)53(40)44(55)39(51-45(56)57-3)31-10-7-6-8-11-31/h4,6-8,10-11,14-21,25-26,32-35,38-40H,1,5,9,12-13,22-24,46H2,2-3H3,(H,47,49)(H,48,50)(H,51,56)/t32-,33-,34+,35+,38-,39+,40-/m0/s1. The minimum Gasteiger partial charge on any atom is -0.453 e. The van der Waals surface area contributed by atoms with Crippen molar-refractivity contribution < 1.29 is 19.1 Å². The molecule has 7 atom stereocenters. The van der Waals surface area contributed by atoms with E-state index in [9.17, 15) is 14.4 Å². The van der Waals surface area contributed by atoms with Crippen LogP contribution in [-0.4, -0.2) is 72.9 Å². The van der Waals surface area contributed by atoms with Crippen molar-refractivity contribution in [3.63, 3.8) is 0 Å². The molecule has 0 unspecified atom stereocenters. The Morgan fingerprint density at radius 1 is 0.842 bits per heavy atom. The van der Waals surface area contributed by atoms with E-state index in [0.29, 0.717) is 12.0 Å². The summed E-state index contributed by atoms with van der Waals surface area (Å²) < 4.78 is 4.89. The largest absolute Gasteiger partial charge is 0.453 e. The zero-order chi connectivity index (χ0) is 39.6. The average molecular weight is 767 g/mol. The fourth-order valence-corrected chi connectivity index (χ4v) is 9.10. The smallest absolute Gasteiger partial charge is 0.407 e. The first-order valence-electron chi connectivity index (χ1n) is 20.0. The number of likely N-dealkylation sites (tertiary alicyclic amines) is 2. The van der Waals surface area contributed by atoms with E-state index in [4.69, 9.17) is 20.4 Å². The number of piperidine rings is 2. The van der Waals surface area contributed by atoms with Gasteiger partial charge in [0.15, 0.2) is 0 Å². The molecule has 3 amide bonds. The Morgan fingerprint density at radius 2 is 1.46 bits per heavy atom. The zero-order valence-electron chi connectivity index (χ0n) is 32.4. The molecule has 5 aromatic rings. The maximum absolute atomic E-state index is 14.3. The summed E-state index contributed by atoms with van der Waals surface area (Å²) >= 11 is 0. The van der Waals surface area contributed by atoms with Crippen LogP contribution in [0.3, 0.4) is 0 Å². The zero-order valence-corrected chi connectivity index (χ0v) is 32.4. The van der Waals surface area contributed by atoms with Crippen molar-refractivity contribution in [1.29, 1.82) is 0 Å². The van der Waals surface area contributed by atoms with Crippen molar-refractivity contribution in [2.75, 3.05) is 7.11 Å². The van der Waals surface area contributed by atoms with E-state index >= 15 is 0 Å². The van der Waals surface area contributed by atoms with E-state index in [1.807, 2.05) is 65.5 Å². The third kappa shape index (κ3) is 7.37. The highest BCUT2D eigenvalue weighted by atomic mass is 16.5. The van der Waals surface area contributed by atoms with E-state index in [0.717, 1.165) is 83.8 Å². The Morgan fingerprint density at radius 3 is 2.07 bits per heavy atom. The number of nitrogens with zero attached hydrogens (tertiary/aromatic N) is 4. The van der Waals surface area contributed by atoms with Gasteiger partial charge in [0, 0.05) is 6.04 Å². The van der Waals surface area contributed by atoms with Gasteiger partial charge in [0.2, 0.25) is 5.91 Å². The molecule has 0 spiro atoms. The number of carbonyl (C=O) groups excluding carboxylic acids is 3. The molecule has 0 radical (unpaired) electrons. The van der Waals surface area contributed by atoms with Crippen LogP contribution in [0.25, 0.3) is 33.6 Å². The van der Waals surface area contributed by atoms with Gasteiger partial charge in [-0.1, -0.05) is 91.9 Å². The van der Waals surface area contributed by atoms with Crippen molar-refractivity contribution in [3.05, 3.63) is 121 Å². The molecule has 2 bridgehead atoms. The predicted octanol–water partition coefficient (Wildman–Crippen LogP) is 7.63. The van der Waals surface area contributed by atoms with Crippen LogP contribution in [0.5, 0.6) is 0 Å². The maximum Gasteiger partial charge on any atom is 0.407 e. The number of alkyl carbamates (subject to hydrolysis) is 1. The van der Waals surface area contributed by atoms with Crippen molar-refractivity contribution in [1.82, 2.24) is 35.1 Å². The van der Waals surface area contributed by atoms with Crippen LogP contribution in [0.1, 0.15) is 87.2 Å². The minimum absolute atomic E-state index is 0.0591. The van der Waals surface area contributed by atoms with Crippen molar-refractivity contribution >= 4 is 17.9 Å². The molecule has 5 N–H and O–H groups in total. The summed E-state index contributed by atoms with van der Waals surface area (Å²) in [4.78, 5) is 60.4. The quantitative estimate of drug-likeness (QED) is 0.101. The summed E-state index contributed by atoms with van der Waals surface area (Å²) in [6.45, 7) is 5.92. The first-order valence-corrected chi connectivity index (χ1v) is 20.0. The molecule has 12 heteroatoms. The highest BCUT2D eigenvalue weighted by Gasteiger charge is 2.51. The molecule has 4 heterocycles. The van der Waals surface area contributed by atoms with Crippen molar-refractivity contribution in [2.24, 2.45) is 11.7 Å². The first kappa shape index (κ1) is 37.9. The molecule has 3 aliphatic rings. The number of nitrogens with two attached hydrogens (primary N) is 1. The lowest BCUT2D eigenvalue weighted by Crippen LogP contribution is -2.51. The number of carbonyl (C=O) groups is 3. The normalized spacial score (nSPS) is 22.5. The van der Waals surface area contributed by atoms with Crippen LogP contribution in [0.4, 0.5) is 4.79 Å². The van der Waals surface area contributed by atoms with Gasteiger partial charge in [0.05, 0.1) is 55.1 Å². The number of amides is 3. The fourth-order valence-electron chi connectivity index (χ4n) is 9.10. The topological polar surface area (TPSA) is 162 Å². The second-order valence-electron chi connectivity index (χ2n) is 15.4. The molecule has 57 heavy (non-hydrogen) atoms. The molecule has 3 fully saturated rings. The number of hydrogen-bond acceptors (Lipinski definition) is 7. The van der Waals surface area contributed by atoms with E-state index < -0.39 is 18.2 Å². The van der Waals surface area contributed by atoms with Gasteiger partial charge in [-0.3, -0.25) is 9.59 Å². The Bertz CT molecular complexity index is 2220. The lowest BCUT2D eigenvalue weighted by Gasteiger charge is -2.41. The number of H-pyrrole nitrogens is 2. The number of ether oxygens (including phenoxy) is 1. The summed E-state index contributed by atoms with van der Waals surface area (Å²) in [5.74, 6) is 1.58. The third-order valence-electron chi connectivity index (χ3n) is 12.1. The summed E-state index contributed by atoms with van der Waals surface area (Å²) in [6.07, 6.45) is 11.0. The molecular weight excluding hydrogens is 717 g/mol. The number of methoxy groups -OCH3 is 1. The van der Waals surface area contributed by atoms with Gasteiger partial charge in [-0.15, -0.1) is 6.58 Å². The fraction of sp³-hybridized carbons (Fsp3) is 0.356. The molecule has 294 valence electrons. The molecule has 3 aromatic carbocycles. The molecule has 1 aliphatic carbocycles. The molecule has 2 saturated heterocycles. The van der Waals surface area contributed by atoms with Crippen LogP contribution < -0.4 is 11.1 Å². The number of benzene rings is 3. The predicted molar refractivity (Wildman–Crippen MR) is 218 cm³/mol. The van der Waals surface area contributed by atoms with Crippen LogP contribution in [-0.2, 0) is 14.3 Å². The Hall–Kier alpha value is -6.01. The van der Waals surface area contributed by atoms with Crippen LogP contribution in [0.15, 0.2) is 104 Å². The molecule has 12 nitrogen and oxygen atoms in total. The van der Waals surface area contributed by atoms with Crippen molar-refractivity contribution in [2.45, 2.75) is 88.1 Å². The summed E-state index contributed by atoms with van der Waals surface area (Å²) in [5.41, 5.74) is 12.8. The summed E-state index contributed by atoms with van der Waals surface area (Å²) in [6, 6.07) is 24.2. The number of nitrogens with one attached hydrogen (secondary N) is 3. The average Bonchev–Trinajstić information content (AvgIpc) is 4.11. The lowest BCUT2D eigenvalue weighted by atomic mass is 9.93. The third-order valence-corrected chi connectivity index (χ3v) is 12.1. The molecule has 2 aliphatic heterocycles. The van der Waals surface area contributed by atoms with Gasteiger partial charge in [0.1, 0.15) is 17.7 Å². The van der Waals surface area contributed by atoms with Gasteiger partial charge in [-0.25, -0.2) is 14.8 Å². The number of fused-ring (bicyclic) bond motifs is 2. The van der Waals surface area contributed by atoms with Crippen molar-refractivity contribution in [3.8, 4) is 33.6 Å². The number of imidazole rings is 2. The van der Waals surface area contributed by atoms with Crippen LogP contribution in [0.2, 0.25) is 0 Å². The molecule has 1 saturated carbocycles. The Kier molecular flexibility index (Phi) is 10.8. The molecule has 8 rings (SSSR count). The minimum atomic E-state index is -0.867. The number of rotatable bonds is 11. The Balaban J connectivity index is 0.968. The lowest BCUT2D eigenvalue weighted by molar-refractivity contribution is -0.139. The van der Waals surface area contributed by atoms with E-state index in [1.54, 1.807) is 0 Å². The Labute approximate surface area is 332 Å². The van der Waals surface area contributed by atoms with Gasteiger partial charge >= 0.3 is 6.09 Å². The van der Waals surface area contributed by atoms with E-state index in [1.165, 1.54) is 7.11 Å². The monoisotopic (exact) mass is 766 g/mol. The van der Waals surface area contributed by atoms with Gasteiger partial charge < -0.3 is 35.6 Å². The first-order chi connectivity index (χ1) is 27.8. The number of aromatic nitrogens is 4. The number of aromatic amines is 2. The SMILES string of the molecule is C=C[C@H]1CCC[C@@H](c2ncc(-c3ccc(-c4ccc(-c5cnc([C@@H]6[C@H]7CC[C@H](C7)N6C(=O)[C@H](NC(=O)OC)c6ccccc6)[nH]5)cc4)cc3)[nH]2)N1C(=O)[C@H](N)CC. The van der Waals surface area contributed by atoms with Gasteiger partial charge in [-0.05, 0) is 78.7 Å².